The van der Waals surface area contributed by atoms with E-state index in [4.69, 9.17) is 4.74 Å². The molecule has 1 atom stereocenters. The molecule has 6 nitrogen and oxygen atoms in total. The van der Waals surface area contributed by atoms with Gasteiger partial charge in [-0.25, -0.2) is 9.97 Å². The van der Waals surface area contributed by atoms with Crippen LogP contribution in [0.4, 0.5) is 5.69 Å². The van der Waals surface area contributed by atoms with Crippen LogP contribution in [0, 0.1) is 0 Å². The fraction of sp³-hybridized carbons (Fsp3) is 0.316. The van der Waals surface area contributed by atoms with Crippen molar-refractivity contribution in [3.63, 3.8) is 0 Å². The van der Waals surface area contributed by atoms with Crippen LogP contribution in [-0.2, 0) is 9.53 Å². The number of benzene rings is 1. The van der Waals surface area contributed by atoms with E-state index in [1.807, 2.05) is 47.1 Å². The summed E-state index contributed by atoms with van der Waals surface area (Å²) in [5, 5.41) is 2.94. The number of fused-ring (bicyclic) bond motifs is 1. The van der Waals surface area contributed by atoms with Gasteiger partial charge in [0.1, 0.15) is 0 Å². The first-order valence-electron chi connectivity index (χ1n) is 8.59. The summed E-state index contributed by atoms with van der Waals surface area (Å²) in [5.41, 5.74) is 2.64. The lowest BCUT2D eigenvalue weighted by molar-refractivity contribution is -0.116. The number of ether oxygens (including phenoxy) is 1. The molecular weight excluding hydrogens is 316 g/mol. The first-order valence-corrected chi connectivity index (χ1v) is 8.59. The predicted octanol–water partition coefficient (Wildman–Crippen LogP) is 3.29. The Hall–Kier alpha value is -2.73. The van der Waals surface area contributed by atoms with E-state index in [1.54, 1.807) is 6.20 Å². The number of rotatable bonds is 5. The first-order chi connectivity index (χ1) is 12.3. The topological polar surface area (TPSA) is 68.5 Å². The Balaban J connectivity index is 1.38. The summed E-state index contributed by atoms with van der Waals surface area (Å²) < 4.78 is 7.43. The number of nitrogens with zero attached hydrogens (tertiary/aromatic N) is 3. The van der Waals surface area contributed by atoms with Crippen LogP contribution in [0.25, 0.3) is 17.0 Å². The van der Waals surface area contributed by atoms with E-state index in [9.17, 15) is 4.79 Å². The van der Waals surface area contributed by atoms with Crippen LogP contribution in [0.3, 0.4) is 0 Å². The summed E-state index contributed by atoms with van der Waals surface area (Å²) in [4.78, 5) is 20.8. The van der Waals surface area contributed by atoms with Crippen molar-refractivity contribution in [2.45, 2.75) is 31.8 Å². The molecule has 0 spiro atoms. The number of anilines is 1. The van der Waals surface area contributed by atoms with Gasteiger partial charge < -0.3 is 10.1 Å². The Morgan fingerprint density at radius 1 is 1.32 bits per heavy atom. The van der Waals surface area contributed by atoms with Crippen LogP contribution in [0.1, 0.15) is 25.7 Å². The van der Waals surface area contributed by atoms with Gasteiger partial charge in [-0.1, -0.05) is 12.1 Å². The zero-order valence-electron chi connectivity index (χ0n) is 13.9. The van der Waals surface area contributed by atoms with Crippen molar-refractivity contribution >= 4 is 17.4 Å². The van der Waals surface area contributed by atoms with Gasteiger partial charge in [-0.05, 0) is 37.5 Å². The number of amides is 1. The summed E-state index contributed by atoms with van der Waals surface area (Å²) in [7, 11) is 0. The van der Waals surface area contributed by atoms with Gasteiger partial charge in [0.2, 0.25) is 11.7 Å². The van der Waals surface area contributed by atoms with Crippen molar-refractivity contribution in [1.29, 1.82) is 0 Å². The van der Waals surface area contributed by atoms with Crippen molar-refractivity contribution in [2.24, 2.45) is 0 Å². The monoisotopic (exact) mass is 336 g/mol. The molecule has 2 aromatic heterocycles. The van der Waals surface area contributed by atoms with Gasteiger partial charge in [0.15, 0.2) is 0 Å². The second kappa shape index (κ2) is 7.03. The number of hydrogen-bond donors (Lipinski definition) is 1. The van der Waals surface area contributed by atoms with E-state index in [2.05, 4.69) is 15.3 Å². The van der Waals surface area contributed by atoms with Crippen LogP contribution in [0.15, 0.2) is 48.9 Å². The Bertz CT molecular complexity index is 834. The number of carbonyl (C=O) groups excluding carboxylic acids is 1. The van der Waals surface area contributed by atoms with Crippen molar-refractivity contribution < 1.29 is 9.53 Å². The van der Waals surface area contributed by atoms with Gasteiger partial charge in [-0.3, -0.25) is 9.20 Å². The van der Waals surface area contributed by atoms with Crippen LogP contribution >= 0.6 is 0 Å². The van der Waals surface area contributed by atoms with E-state index in [0.717, 1.165) is 42.8 Å². The summed E-state index contributed by atoms with van der Waals surface area (Å²) in [5.74, 6) is 0.698. The molecule has 1 aliphatic heterocycles. The molecule has 3 aromatic rings. The van der Waals surface area contributed by atoms with E-state index < -0.39 is 0 Å². The SMILES string of the molecule is O=C(CCC1CCCO1)Nc1ccc(-c2cn3cccnc3n2)cc1. The van der Waals surface area contributed by atoms with Gasteiger partial charge in [-0.2, -0.15) is 0 Å². The number of nitrogens with one attached hydrogen (secondary N) is 1. The predicted molar refractivity (Wildman–Crippen MR) is 95.3 cm³/mol. The molecule has 0 aliphatic carbocycles. The summed E-state index contributed by atoms with van der Waals surface area (Å²) in [6, 6.07) is 9.58. The second-order valence-corrected chi connectivity index (χ2v) is 6.25. The molecule has 3 heterocycles. The molecule has 1 aliphatic rings. The highest BCUT2D eigenvalue weighted by Gasteiger charge is 2.16. The lowest BCUT2D eigenvalue weighted by atomic mass is 10.1. The largest absolute Gasteiger partial charge is 0.378 e. The maximum absolute atomic E-state index is 12.1. The molecule has 128 valence electrons. The quantitative estimate of drug-likeness (QED) is 0.776. The van der Waals surface area contributed by atoms with Crippen LogP contribution < -0.4 is 5.32 Å². The third-order valence-corrected chi connectivity index (χ3v) is 4.42. The molecule has 1 saturated heterocycles. The number of carbonyl (C=O) groups is 1. The average Bonchev–Trinajstić information content (AvgIpc) is 3.30. The van der Waals surface area contributed by atoms with Gasteiger partial charge in [-0.15, -0.1) is 0 Å². The highest BCUT2D eigenvalue weighted by atomic mass is 16.5. The summed E-state index contributed by atoms with van der Waals surface area (Å²) >= 11 is 0. The smallest absolute Gasteiger partial charge is 0.234 e. The van der Waals surface area contributed by atoms with Gasteiger partial charge in [0.05, 0.1) is 11.8 Å². The van der Waals surface area contributed by atoms with Gasteiger partial charge >= 0.3 is 0 Å². The minimum Gasteiger partial charge on any atom is -0.378 e. The fourth-order valence-corrected chi connectivity index (χ4v) is 3.08. The average molecular weight is 336 g/mol. The Labute approximate surface area is 145 Å². The number of aromatic nitrogens is 3. The van der Waals surface area contributed by atoms with Crippen molar-refractivity contribution in [1.82, 2.24) is 14.4 Å². The third-order valence-electron chi connectivity index (χ3n) is 4.42. The maximum Gasteiger partial charge on any atom is 0.234 e. The second-order valence-electron chi connectivity index (χ2n) is 6.25. The Morgan fingerprint density at radius 2 is 2.20 bits per heavy atom. The van der Waals surface area contributed by atoms with E-state index in [0.29, 0.717) is 12.2 Å². The maximum atomic E-state index is 12.1. The van der Waals surface area contributed by atoms with Gasteiger partial charge in [0, 0.05) is 42.9 Å². The standard InChI is InChI=1S/C19H20N4O2/c24-18(9-8-16-3-1-12-25-16)21-15-6-4-14(5-7-15)17-13-23-11-2-10-20-19(23)22-17/h2,4-7,10-11,13,16H,1,3,8-9,12H2,(H,21,24). The minimum absolute atomic E-state index is 0.0279. The highest BCUT2D eigenvalue weighted by molar-refractivity contribution is 5.90. The van der Waals surface area contributed by atoms with E-state index >= 15 is 0 Å². The lowest BCUT2D eigenvalue weighted by Gasteiger charge is -2.09. The number of imidazole rings is 1. The molecule has 1 amide bonds. The highest BCUT2D eigenvalue weighted by Crippen LogP contribution is 2.21. The van der Waals surface area contributed by atoms with Crippen molar-refractivity contribution in [3.8, 4) is 11.3 Å². The number of hydrogen-bond acceptors (Lipinski definition) is 4. The molecular formula is C19H20N4O2. The zero-order valence-corrected chi connectivity index (χ0v) is 13.9. The molecule has 0 bridgehead atoms. The zero-order chi connectivity index (χ0) is 17.1. The summed E-state index contributed by atoms with van der Waals surface area (Å²) in [6.45, 7) is 0.826. The minimum atomic E-state index is 0.0279. The van der Waals surface area contributed by atoms with Crippen molar-refractivity contribution in [3.05, 3.63) is 48.9 Å². The lowest BCUT2D eigenvalue weighted by Crippen LogP contribution is -2.15. The fourth-order valence-electron chi connectivity index (χ4n) is 3.08. The summed E-state index contributed by atoms with van der Waals surface area (Å²) in [6.07, 6.45) is 9.28. The Kier molecular flexibility index (Phi) is 4.43. The molecule has 1 fully saturated rings. The van der Waals surface area contributed by atoms with Gasteiger partial charge in [0.25, 0.3) is 0 Å². The van der Waals surface area contributed by atoms with E-state index in [-0.39, 0.29) is 12.0 Å². The molecule has 0 saturated carbocycles. The molecule has 25 heavy (non-hydrogen) atoms. The molecule has 1 unspecified atom stereocenters. The van der Waals surface area contributed by atoms with Crippen LogP contribution in [-0.4, -0.2) is 33.0 Å². The third kappa shape index (κ3) is 3.69. The Morgan fingerprint density at radius 3 is 2.96 bits per heavy atom. The van der Waals surface area contributed by atoms with Crippen LogP contribution in [0.5, 0.6) is 0 Å². The molecule has 1 N–H and O–H groups in total. The van der Waals surface area contributed by atoms with E-state index in [1.165, 1.54) is 0 Å². The molecule has 6 heteroatoms. The van der Waals surface area contributed by atoms with Crippen molar-refractivity contribution in [2.75, 3.05) is 11.9 Å². The normalized spacial score (nSPS) is 17.0. The molecule has 4 rings (SSSR count). The first kappa shape index (κ1) is 15.8. The molecule has 0 radical (unpaired) electrons. The van der Waals surface area contributed by atoms with Crippen LogP contribution in [0.2, 0.25) is 0 Å². The molecule has 1 aromatic carbocycles.